The molecular formula is C30H54O10. The summed E-state index contributed by atoms with van der Waals surface area (Å²) >= 11 is 0. The molecule has 0 aliphatic rings. The van der Waals surface area contributed by atoms with E-state index in [4.69, 9.17) is 47.4 Å². The molecule has 0 saturated carbocycles. The van der Waals surface area contributed by atoms with Gasteiger partial charge in [-0.2, -0.15) is 0 Å². The molecule has 40 heavy (non-hydrogen) atoms. The molecule has 0 amide bonds. The lowest BCUT2D eigenvalue weighted by Gasteiger charge is -2.10. The van der Waals surface area contributed by atoms with Crippen molar-refractivity contribution in [2.45, 2.75) is 26.9 Å². The second-order valence-corrected chi connectivity index (χ2v) is 9.03. The molecule has 0 aliphatic carbocycles. The molecule has 10 heteroatoms. The average Bonchev–Trinajstić information content (AvgIpc) is 2.98. The SMILES string of the molecule is CCC(C)COCCOCCOCCOCCOCCOCCOCCOCCOCCOCc1ccccc1. The standard InChI is InChI=1S/C30H54O10/c1-3-29(2)27-39-25-23-37-21-19-35-17-15-33-13-11-31-9-10-32-12-14-34-16-18-36-20-22-38-24-26-40-28-30-7-5-4-6-8-30/h4-8,29H,3,9-28H2,1-2H3. The van der Waals surface area contributed by atoms with E-state index in [9.17, 15) is 0 Å². The van der Waals surface area contributed by atoms with E-state index in [1.807, 2.05) is 30.3 Å². The van der Waals surface area contributed by atoms with Crippen molar-refractivity contribution in [3.05, 3.63) is 35.9 Å². The number of hydrogen-bond acceptors (Lipinski definition) is 10. The monoisotopic (exact) mass is 574 g/mol. The highest BCUT2D eigenvalue weighted by atomic mass is 16.6. The topological polar surface area (TPSA) is 92.3 Å². The summed E-state index contributed by atoms with van der Waals surface area (Å²) in [4.78, 5) is 0. The van der Waals surface area contributed by atoms with Gasteiger partial charge in [-0.25, -0.2) is 0 Å². The number of benzene rings is 1. The molecule has 1 aromatic rings. The van der Waals surface area contributed by atoms with Crippen molar-refractivity contribution < 1.29 is 47.4 Å². The number of hydrogen-bond donors (Lipinski definition) is 0. The number of rotatable bonds is 32. The predicted molar refractivity (Wildman–Crippen MR) is 153 cm³/mol. The first-order valence-corrected chi connectivity index (χ1v) is 14.6. The average molecular weight is 575 g/mol. The van der Waals surface area contributed by atoms with Crippen LogP contribution in [0.2, 0.25) is 0 Å². The molecule has 1 aromatic carbocycles. The minimum atomic E-state index is 0.526. The number of ether oxygens (including phenoxy) is 10. The van der Waals surface area contributed by atoms with Gasteiger partial charge in [-0.15, -0.1) is 0 Å². The molecule has 234 valence electrons. The van der Waals surface area contributed by atoms with Gasteiger partial charge < -0.3 is 47.4 Å². The van der Waals surface area contributed by atoms with Crippen LogP contribution >= 0.6 is 0 Å². The van der Waals surface area contributed by atoms with Crippen molar-refractivity contribution in [1.82, 2.24) is 0 Å². The zero-order chi connectivity index (χ0) is 28.6. The van der Waals surface area contributed by atoms with Gasteiger partial charge in [-0.05, 0) is 11.5 Å². The van der Waals surface area contributed by atoms with Gasteiger partial charge in [0.05, 0.1) is 126 Å². The highest BCUT2D eigenvalue weighted by molar-refractivity contribution is 5.13. The van der Waals surface area contributed by atoms with Gasteiger partial charge in [-0.3, -0.25) is 0 Å². The Bertz CT molecular complexity index is 607. The molecule has 1 atom stereocenters. The van der Waals surface area contributed by atoms with Crippen LogP contribution in [-0.2, 0) is 54.0 Å². The lowest BCUT2D eigenvalue weighted by molar-refractivity contribution is -0.0270. The van der Waals surface area contributed by atoms with Crippen LogP contribution in [-0.4, -0.2) is 126 Å². The molecular weight excluding hydrogens is 520 g/mol. The molecule has 0 aliphatic heterocycles. The van der Waals surface area contributed by atoms with E-state index in [1.54, 1.807) is 0 Å². The van der Waals surface area contributed by atoms with Crippen molar-refractivity contribution in [3.8, 4) is 0 Å². The lowest BCUT2D eigenvalue weighted by atomic mass is 10.1. The summed E-state index contributed by atoms with van der Waals surface area (Å²) in [6, 6.07) is 10.1. The van der Waals surface area contributed by atoms with Crippen LogP contribution in [0.25, 0.3) is 0 Å². The zero-order valence-corrected chi connectivity index (χ0v) is 24.9. The molecule has 0 radical (unpaired) electrons. The molecule has 0 spiro atoms. The Morgan fingerprint density at radius 1 is 0.425 bits per heavy atom. The Balaban J connectivity index is 1.63. The minimum absolute atomic E-state index is 0.526. The fraction of sp³-hybridized carbons (Fsp3) is 0.800. The van der Waals surface area contributed by atoms with Crippen LogP contribution in [0.5, 0.6) is 0 Å². The largest absolute Gasteiger partial charge is 0.379 e. The highest BCUT2D eigenvalue weighted by Gasteiger charge is 1.99. The summed E-state index contributed by atoms with van der Waals surface area (Å²) in [5, 5.41) is 0. The Morgan fingerprint density at radius 2 is 0.725 bits per heavy atom. The molecule has 10 nitrogen and oxygen atoms in total. The zero-order valence-electron chi connectivity index (χ0n) is 24.9. The maximum absolute atomic E-state index is 5.56. The molecule has 0 N–H and O–H groups in total. The van der Waals surface area contributed by atoms with Crippen molar-refractivity contribution in [3.63, 3.8) is 0 Å². The summed E-state index contributed by atoms with van der Waals surface area (Å²) in [7, 11) is 0. The van der Waals surface area contributed by atoms with Gasteiger partial charge in [0, 0.05) is 6.61 Å². The highest BCUT2D eigenvalue weighted by Crippen LogP contribution is 2.01. The molecule has 0 fully saturated rings. The quantitative estimate of drug-likeness (QED) is 0.119. The second-order valence-electron chi connectivity index (χ2n) is 9.03. The van der Waals surface area contributed by atoms with Crippen LogP contribution in [0.4, 0.5) is 0 Å². The second kappa shape index (κ2) is 30.8. The van der Waals surface area contributed by atoms with E-state index in [2.05, 4.69) is 13.8 Å². The van der Waals surface area contributed by atoms with Gasteiger partial charge in [-0.1, -0.05) is 50.6 Å². The summed E-state index contributed by atoms with van der Waals surface area (Å²) in [6.07, 6.45) is 1.14. The van der Waals surface area contributed by atoms with Crippen molar-refractivity contribution in [1.29, 1.82) is 0 Å². The molecule has 0 saturated heterocycles. The van der Waals surface area contributed by atoms with E-state index in [-0.39, 0.29) is 0 Å². The van der Waals surface area contributed by atoms with Gasteiger partial charge in [0.15, 0.2) is 0 Å². The fourth-order valence-corrected chi connectivity index (χ4v) is 3.04. The van der Waals surface area contributed by atoms with Gasteiger partial charge >= 0.3 is 0 Å². The Labute approximate surface area is 241 Å². The minimum Gasteiger partial charge on any atom is -0.379 e. The Hall–Kier alpha value is -1.18. The van der Waals surface area contributed by atoms with Gasteiger partial charge in [0.1, 0.15) is 0 Å². The molecule has 0 aromatic heterocycles. The van der Waals surface area contributed by atoms with E-state index in [0.717, 1.165) is 18.6 Å². The van der Waals surface area contributed by atoms with Crippen molar-refractivity contribution >= 4 is 0 Å². The van der Waals surface area contributed by atoms with Crippen molar-refractivity contribution in [2.24, 2.45) is 5.92 Å². The van der Waals surface area contributed by atoms with Crippen molar-refractivity contribution in [2.75, 3.05) is 126 Å². The fourth-order valence-electron chi connectivity index (χ4n) is 3.04. The third-order valence-electron chi connectivity index (χ3n) is 5.56. The van der Waals surface area contributed by atoms with E-state index in [0.29, 0.717) is 131 Å². The van der Waals surface area contributed by atoms with E-state index >= 15 is 0 Å². The van der Waals surface area contributed by atoms with Crippen LogP contribution in [0.3, 0.4) is 0 Å². The van der Waals surface area contributed by atoms with Gasteiger partial charge in [0.25, 0.3) is 0 Å². The molecule has 0 bridgehead atoms. The van der Waals surface area contributed by atoms with E-state index in [1.165, 1.54) is 0 Å². The first-order chi connectivity index (χ1) is 19.8. The summed E-state index contributed by atoms with van der Waals surface area (Å²) in [5.41, 5.74) is 1.16. The molecule has 1 unspecified atom stereocenters. The smallest absolute Gasteiger partial charge is 0.0718 e. The third-order valence-corrected chi connectivity index (χ3v) is 5.56. The molecule has 1 rings (SSSR count). The van der Waals surface area contributed by atoms with Crippen LogP contribution < -0.4 is 0 Å². The summed E-state index contributed by atoms with van der Waals surface area (Å²) < 4.78 is 54.9. The van der Waals surface area contributed by atoms with E-state index < -0.39 is 0 Å². The van der Waals surface area contributed by atoms with Crippen LogP contribution in [0, 0.1) is 5.92 Å². The van der Waals surface area contributed by atoms with Crippen LogP contribution in [0.1, 0.15) is 25.8 Å². The maximum Gasteiger partial charge on any atom is 0.0718 e. The summed E-state index contributed by atoms with van der Waals surface area (Å²) in [5.74, 6) is 0.601. The third kappa shape index (κ3) is 27.0. The van der Waals surface area contributed by atoms with Crippen LogP contribution in [0.15, 0.2) is 30.3 Å². The summed E-state index contributed by atoms with van der Waals surface area (Å²) in [6.45, 7) is 15.6. The Morgan fingerprint density at radius 3 is 1.05 bits per heavy atom. The molecule has 0 heterocycles. The normalized spacial score (nSPS) is 12.2. The van der Waals surface area contributed by atoms with Gasteiger partial charge in [0.2, 0.25) is 0 Å². The predicted octanol–water partition coefficient (Wildman–Crippen LogP) is 3.40. The lowest BCUT2D eigenvalue weighted by Crippen LogP contribution is -2.15. The maximum atomic E-state index is 5.56. The first-order valence-electron chi connectivity index (χ1n) is 14.6. The first kappa shape index (κ1) is 36.8. The Kier molecular flexibility index (Phi) is 28.3.